The lowest BCUT2D eigenvalue weighted by Crippen LogP contribution is -2.21. The van der Waals surface area contributed by atoms with Crippen molar-refractivity contribution in [2.75, 3.05) is 11.4 Å². The summed E-state index contributed by atoms with van der Waals surface area (Å²) in [4.78, 5) is 2.14. The summed E-state index contributed by atoms with van der Waals surface area (Å²) in [6.45, 7) is 3.69. The van der Waals surface area contributed by atoms with Crippen LogP contribution in [-0.2, 0) is 6.54 Å². The lowest BCUT2D eigenvalue weighted by Gasteiger charge is -2.23. The fourth-order valence-electron chi connectivity index (χ4n) is 1.91. The number of benzene rings is 2. The monoisotopic (exact) mass is 307 g/mol. The summed E-state index contributed by atoms with van der Waals surface area (Å²) in [5, 5.41) is 0. The van der Waals surface area contributed by atoms with Crippen LogP contribution in [0.3, 0.4) is 0 Å². The van der Waals surface area contributed by atoms with Crippen molar-refractivity contribution < 1.29 is 4.39 Å². The Labute approximate surface area is 115 Å². The van der Waals surface area contributed by atoms with Crippen molar-refractivity contribution in [2.45, 2.75) is 13.5 Å². The Hall–Kier alpha value is -1.35. The standard InChI is InChI=1S/C15H15BrFN/c1-2-18(15-8-4-7-14(17)10-15)11-12-5-3-6-13(16)9-12/h3-10H,2,11H2,1H3. The molecular formula is C15H15BrFN. The van der Waals surface area contributed by atoms with Gasteiger partial charge in [0.1, 0.15) is 5.82 Å². The van der Waals surface area contributed by atoms with Crippen molar-refractivity contribution in [2.24, 2.45) is 0 Å². The van der Waals surface area contributed by atoms with E-state index in [2.05, 4.69) is 39.9 Å². The summed E-state index contributed by atoms with van der Waals surface area (Å²) < 4.78 is 14.3. The molecule has 0 N–H and O–H groups in total. The maximum atomic E-state index is 13.2. The van der Waals surface area contributed by atoms with Crippen LogP contribution in [0.15, 0.2) is 53.0 Å². The van der Waals surface area contributed by atoms with Gasteiger partial charge in [-0.25, -0.2) is 4.39 Å². The SMILES string of the molecule is CCN(Cc1cccc(Br)c1)c1cccc(F)c1. The van der Waals surface area contributed by atoms with Gasteiger partial charge in [0, 0.05) is 23.2 Å². The highest BCUT2D eigenvalue weighted by molar-refractivity contribution is 9.10. The van der Waals surface area contributed by atoms with Crippen molar-refractivity contribution in [3.05, 3.63) is 64.4 Å². The highest BCUT2D eigenvalue weighted by Gasteiger charge is 2.06. The molecule has 2 rings (SSSR count). The molecule has 0 aliphatic rings. The molecule has 0 atom stereocenters. The average Bonchev–Trinajstić information content (AvgIpc) is 2.36. The number of nitrogens with zero attached hydrogens (tertiary/aromatic N) is 1. The Bertz CT molecular complexity index is 527. The van der Waals surface area contributed by atoms with Crippen LogP contribution in [0.25, 0.3) is 0 Å². The third-order valence-corrected chi connectivity index (χ3v) is 3.31. The summed E-state index contributed by atoms with van der Waals surface area (Å²) in [7, 11) is 0. The van der Waals surface area contributed by atoms with Gasteiger partial charge in [-0.2, -0.15) is 0 Å². The van der Waals surface area contributed by atoms with Gasteiger partial charge in [0.2, 0.25) is 0 Å². The van der Waals surface area contributed by atoms with Gasteiger partial charge in [-0.1, -0.05) is 34.1 Å². The Morgan fingerprint density at radius 3 is 2.56 bits per heavy atom. The van der Waals surface area contributed by atoms with Gasteiger partial charge in [0.05, 0.1) is 0 Å². The highest BCUT2D eigenvalue weighted by atomic mass is 79.9. The van der Waals surface area contributed by atoms with Gasteiger partial charge in [0.25, 0.3) is 0 Å². The van der Waals surface area contributed by atoms with Crippen LogP contribution in [0.1, 0.15) is 12.5 Å². The lowest BCUT2D eigenvalue weighted by atomic mass is 10.2. The second-order valence-electron chi connectivity index (χ2n) is 4.12. The molecule has 0 fully saturated rings. The summed E-state index contributed by atoms with van der Waals surface area (Å²) >= 11 is 3.46. The second kappa shape index (κ2) is 6.01. The average molecular weight is 308 g/mol. The van der Waals surface area contributed by atoms with Crippen LogP contribution in [0.2, 0.25) is 0 Å². The third-order valence-electron chi connectivity index (χ3n) is 2.82. The van der Waals surface area contributed by atoms with E-state index in [0.29, 0.717) is 0 Å². The quantitative estimate of drug-likeness (QED) is 0.797. The van der Waals surface area contributed by atoms with Crippen LogP contribution >= 0.6 is 15.9 Å². The van der Waals surface area contributed by atoms with Crippen molar-refractivity contribution in [3.63, 3.8) is 0 Å². The molecular weight excluding hydrogens is 293 g/mol. The molecule has 0 bridgehead atoms. The van der Waals surface area contributed by atoms with Crippen molar-refractivity contribution in [1.29, 1.82) is 0 Å². The molecule has 1 nitrogen and oxygen atoms in total. The molecule has 2 aromatic carbocycles. The van der Waals surface area contributed by atoms with Gasteiger partial charge >= 0.3 is 0 Å². The number of hydrogen-bond donors (Lipinski definition) is 0. The number of rotatable bonds is 4. The van der Waals surface area contributed by atoms with Gasteiger partial charge < -0.3 is 4.90 Å². The minimum Gasteiger partial charge on any atom is -0.367 e. The van der Waals surface area contributed by atoms with Gasteiger partial charge in [-0.15, -0.1) is 0 Å². The predicted molar refractivity (Wildman–Crippen MR) is 77.3 cm³/mol. The zero-order chi connectivity index (χ0) is 13.0. The van der Waals surface area contributed by atoms with E-state index in [-0.39, 0.29) is 5.82 Å². The Kier molecular flexibility index (Phi) is 4.37. The molecule has 94 valence electrons. The molecule has 3 heteroatoms. The Balaban J connectivity index is 2.19. The summed E-state index contributed by atoms with van der Waals surface area (Å²) in [6.07, 6.45) is 0. The van der Waals surface area contributed by atoms with Crippen molar-refractivity contribution in [3.8, 4) is 0 Å². The highest BCUT2D eigenvalue weighted by Crippen LogP contribution is 2.19. The zero-order valence-electron chi connectivity index (χ0n) is 10.2. The number of hydrogen-bond acceptors (Lipinski definition) is 1. The maximum absolute atomic E-state index is 13.2. The van der Waals surface area contributed by atoms with E-state index in [9.17, 15) is 4.39 Å². The minimum absolute atomic E-state index is 0.194. The van der Waals surface area contributed by atoms with E-state index in [1.165, 1.54) is 11.6 Å². The van der Waals surface area contributed by atoms with E-state index in [1.54, 1.807) is 12.1 Å². The molecule has 0 heterocycles. The normalized spacial score (nSPS) is 10.4. The summed E-state index contributed by atoms with van der Waals surface area (Å²) in [6, 6.07) is 14.9. The number of anilines is 1. The first-order valence-electron chi connectivity index (χ1n) is 5.94. The smallest absolute Gasteiger partial charge is 0.125 e. The van der Waals surface area contributed by atoms with Crippen molar-refractivity contribution >= 4 is 21.6 Å². The van der Waals surface area contributed by atoms with Crippen LogP contribution in [0.5, 0.6) is 0 Å². The largest absolute Gasteiger partial charge is 0.367 e. The van der Waals surface area contributed by atoms with E-state index in [4.69, 9.17) is 0 Å². The molecule has 2 aromatic rings. The first kappa shape index (κ1) is 13.1. The molecule has 0 unspecified atom stereocenters. The Morgan fingerprint density at radius 2 is 1.89 bits per heavy atom. The molecule has 0 radical (unpaired) electrons. The van der Waals surface area contributed by atoms with E-state index in [0.717, 1.165) is 23.2 Å². The minimum atomic E-state index is -0.194. The van der Waals surface area contributed by atoms with Crippen LogP contribution in [-0.4, -0.2) is 6.54 Å². The fourth-order valence-corrected chi connectivity index (χ4v) is 2.36. The zero-order valence-corrected chi connectivity index (χ0v) is 11.8. The van der Waals surface area contributed by atoms with E-state index < -0.39 is 0 Å². The van der Waals surface area contributed by atoms with Crippen molar-refractivity contribution in [1.82, 2.24) is 0 Å². The van der Waals surface area contributed by atoms with Gasteiger partial charge in [0.15, 0.2) is 0 Å². The van der Waals surface area contributed by atoms with E-state index >= 15 is 0 Å². The second-order valence-corrected chi connectivity index (χ2v) is 5.04. The van der Waals surface area contributed by atoms with Gasteiger partial charge in [-0.3, -0.25) is 0 Å². The molecule has 0 aromatic heterocycles. The van der Waals surface area contributed by atoms with E-state index in [1.807, 2.05) is 18.2 Å². The summed E-state index contributed by atoms with van der Waals surface area (Å²) in [5.41, 5.74) is 2.12. The molecule has 0 amide bonds. The number of halogens is 2. The molecule has 18 heavy (non-hydrogen) atoms. The Morgan fingerprint density at radius 1 is 1.11 bits per heavy atom. The summed E-state index contributed by atoms with van der Waals surface area (Å²) in [5.74, 6) is -0.194. The molecule has 0 spiro atoms. The lowest BCUT2D eigenvalue weighted by molar-refractivity contribution is 0.626. The maximum Gasteiger partial charge on any atom is 0.125 e. The third kappa shape index (κ3) is 3.33. The van der Waals surface area contributed by atoms with Gasteiger partial charge in [-0.05, 0) is 42.8 Å². The van der Waals surface area contributed by atoms with Crippen LogP contribution < -0.4 is 4.90 Å². The van der Waals surface area contributed by atoms with Crippen LogP contribution in [0.4, 0.5) is 10.1 Å². The van der Waals surface area contributed by atoms with Crippen LogP contribution in [0, 0.1) is 5.82 Å². The first-order valence-corrected chi connectivity index (χ1v) is 6.73. The molecule has 0 aliphatic heterocycles. The predicted octanol–water partition coefficient (Wildman–Crippen LogP) is 4.61. The topological polar surface area (TPSA) is 3.24 Å². The molecule has 0 aliphatic carbocycles. The molecule has 0 saturated heterocycles. The first-order chi connectivity index (χ1) is 8.69. The fraction of sp³-hybridized carbons (Fsp3) is 0.200. The molecule has 0 saturated carbocycles.